The zero-order valence-corrected chi connectivity index (χ0v) is 9.85. The van der Waals surface area contributed by atoms with Gasteiger partial charge < -0.3 is 0 Å². The van der Waals surface area contributed by atoms with Gasteiger partial charge >= 0.3 is 0 Å². The molecule has 0 bridgehead atoms. The zero-order chi connectivity index (χ0) is 13.7. The van der Waals surface area contributed by atoms with Crippen molar-refractivity contribution in [3.8, 4) is 6.07 Å². The van der Waals surface area contributed by atoms with Crippen LogP contribution in [0, 0.1) is 21.4 Å². The third-order valence-corrected chi connectivity index (χ3v) is 2.48. The van der Waals surface area contributed by atoms with Gasteiger partial charge in [-0.2, -0.15) is 5.26 Å². The summed E-state index contributed by atoms with van der Waals surface area (Å²) in [5.41, 5.74) is 1.72. The molecule has 1 aromatic carbocycles. The average molecular weight is 251 g/mol. The standard InChI is InChI=1S/C14H9N3O2/c15-10-12(14-3-1-2-8-16-14)9-11-4-6-13(7-5-11)17(18)19/h1-9H. The lowest BCUT2D eigenvalue weighted by atomic mass is 10.1. The maximum atomic E-state index is 10.5. The summed E-state index contributed by atoms with van der Waals surface area (Å²) >= 11 is 0. The Morgan fingerprint density at radius 1 is 1.26 bits per heavy atom. The largest absolute Gasteiger partial charge is 0.269 e. The number of nitro benzene ring substituents is 1. The Morgan fingerprint density at radius 2 is 2.00 bits per heavy atom. The van der Waals surface area contributed by atoms with Crippen molar-refractivity contribution in [1.29, 1.82) is 5.26 Å². The molecule has 92 valence electrons. The molecule has 2 aromatic rings. The summed E-state index contributed by atoms with van der Waals surface area (Å²) in [6.45, 7) is 0. The van der Waals surface area contributed by atoms with E-state index in [1.165, 1.54) is 12.1 Å². The predicted octanol–water partition coefficient (Wildman–Crippen LogP) is 3.05. The van der Waals surface area contributed by atoms with E-state index in [1.54, 1.807) is 42.6 Å². The molecule has 2 rings (SSSR count). The van der Waals surface area contributed by atoms with Crippen LogP contribution in [0.1, 0.15) is 11.3 Å². The summed E-state index contributed by atoms with van der Waals surface area (Å²) in [4.78, 5) is 14.2. The Morgan fingerprint density at radius 3 is 2.53 bits per heavy atom. The second-order valence-electron chi connectivity index (χ2n) is 3.73. The fraction of sp³-hybridized carbons (Fsp3) is 0. The minimum atomic E-state index is -0.461. The first-order valence-corrected chi connectivity index (χ1v) is 5.48. The Labute approximate surface area is 109 Å². The van der Waals surface area contributed by atoms with E-state index in [9.17, 15) is 10.1 Å². The molecule has 19 heavy (non-hydrogen) atoms. The fourth-order valence-corrected chi connectivity index (χ4v) is 1.54. The molecule has 0 aliphatic rings. The monoisotopic (exact) mass is 251 g/mol. The minimum Gasteiger partial charge on any atom is -0.258 e. The van der Waals surface area contributed by atoms with Gasteiger partial charge in [0.1, 0.15) is 6.07 Å². The molecule has 0 atom stereocenters. The molecule has 0 amide bonds. The summed E-state index contributed by atoms with van der Waals surface area (Å²) in [7, 11) is 0. The van der Waals surface area contributed by atoms with E-state index >= 15 is 0 Å². The van der Waals surface area contributed by atoms with E-state index in [4.69, 9.17) is 5.26 Å². The van der Waals surface area contributed by atoms with Crippen molar-refractivity contribution < 1.29 is 4.92 Å². The number of nitro groups is 1. The van der Waals surface area contributed by atoms with Crippen LogP contribution in [0.15, 0.2) is 48.7 Å². The number of nitriles is 1. The molecule has 0 saturated heterocycles. The number of rotatable bonds is 3. The van der Waals surface area contributed by atoms with E-state index < -0.39 is 4.92 Å². The number of benzene rings is 1. The third-order valence-electron chi connectivity index (χ3n) is 2.48. The molecule has 0 saturated carbocycles. The lowest BCUT2D eigenvalue weighted by Crippen LogP contribution is -1.88. The smallest absolute Gasteiger partial charge is 0.258 e. The molecule has 0 aliphatic carbocycles. The molecule has 1 heterocycles. The number of aromatic nitrogens is 1. The van der Waals surface area contributed by atoms with Gasteiger partial charge in [-0.3, -0.25) is 15.1 Å². The molecule has 0 fully saturated rings. The number of allylic oxidation sites excluding steroid dienone is 1. The van der Waals surface area contributed by atoms with Crippen molar-refractivity contribution in [3.63, 3.8) is 0 Å². The van der Waals surface area contributed by atoms with E-state index in [0.29, 0.717) is 16.8 Å². The quantitative estimate of drug-likeness (QED) is 0.477. The molecule has 5 nitrogen and oxygen atoms in total. The third kappa shape index (κ3) is 3.01. The van der Waals surface area contributed by atoms with Crippen molar-refractivity contribution in [2.75, 3.05) is 0 Å². The molecule has 5 heteroatoms. The van der Waals surface area contributed by atoms with Crippen LogP contribution < -0.4 is 0 Å². The molecular formula is C14H9N3O2. The molecule has 0 radical (unpaired) electrons. The first kappa shape index (κ1) is 12.5. The predicted molar refractivity (Wildman–Crippen MR) is 70.8 cm³/mol. The molecular weight excluding hydrogens is 242 g/mol. The van der Waals surface area contributed by atoms with Crippen molar-refractivity contribution >= 4 is 17.3 Å². The highest BCUT2D eigenvalue weighted by atomic mass is 16.6. The first-order valence-electron chi connectivity index (χ1n) is 5.48. The van der Waals surface area contributed by atoms with Crippen LogP contribution in [0.4, 0.5) is 5.69 Å². The normalized spacial score (nSPS) is 10.8. The second-order valence-corrected chi connectivity index (χ2v) is 3.73. The minimum absolute atomic E-state index is 0.0218. The number of hydrogen-bond acceptors (Lipinski definition) is 4. The highest BCUT2D eigenvalue weighted by molar-refractivity contribution is 5.88. The Hall–Kier alpha value is -3.00. The maximum absolute atomic E-state index is 10.5. The van der Waals surface area contributed by atoms with Gasteiger partial charge in [0, 0.05) is 18.3 Å². The van der Waals surface area contributed by atoms with Crippen LogP contribution in [0.2, 0.25) is 0 Å². The van der Waals surface area contributed by atoms with Gasteiger partial charge in [-0.25, -0.2) is 0 Å². The van der Waals surface area contributed by atoms with Gasteiger partial charge in [-0.05, 0) is 35.9 Å². The van der Waals surface area contributed by atoms with E-state index in [2.05, 4.69) is 11.1 Å². The Bertz CT molecular complexity index is 655. The van der Waals surface area contributed by atoms with Crippen LogP contribution in [0.3, 0.4) is 0 Å². The average Bonchev–Trinajstić information content (AvgIpc) is 2.46. The number of non-ortho nitro benzene ring substituents is 1. The van der Waals surface area contributed by atoms with Crippen LogP contribution in [0.25, 0.3) is 11.6 Å². The molecule has 0 N–H and O–H groups in total. The summed E-state index contributed by atoms with van der Waals surface area (Å²) in [6.07, 6.45) is 3.25. The lowest BCUT2D eigenvalue weighted by molar-refractivity contribution is -0.384. The van der Waals surface area contributed by atoms with Crippen molar-refractivity contribution in [2.45, 2.75) is 0 Å². The fourth-order valence-electron chi connectivity index (χ4n) is 1.54. The number of nitrogens with zero attached hydrogens (tertiary/aromatic N) is 3. The van der Waals surface area contributed by atoms with Crippen LogP contribution >= 0.6 is 0 Å². The number of pyridine rings is 1. The van der Waals surface area contributed by atoms with Crippen LogP contribution in [-0.2, 0) is 0 Å². The Balaban J connectivity index is 2.34. The van der Waals surface area contributed by atoms with Crippen molar-refractivity contribution in [3.05, 3.63) is 70.0 Å². The highest BCUT2D eigenvalue weighted by Gasteiger charge is 2.05. The van der Waals surface area contributed by atoms with Crippen LogP contribution in [0.5, 0.6) is 0 Å². The first-order chi connectivity index (χ1) is 9.20. The van der Waals surface area contributed by atoms with Gasteiger partial charge in [0.05, 0.1) is 16.2 Å². The topological polar surface area (TPSA) is 79.8 Å². The SMILES string of the molecule is N#CC(=Cc1ccc([N+](=O)[O-])cc1)c1ccccn1. The van der Waals surface area contributed by atoms with Crippen LogP contribution in [-0.4, -0.2) is 9.91 Å². The second kappa shape index (κ2) is 5.56. The summed E-state index contributed by atoms with van der Waals surface area (Å²) in [5, 5.41) is 19.7. The molecule has 0 aliphatic heterocycles. The van der Waals surface area contributed by atoms with Gasteiger partial charge in [0.15, 0.2) is 0 Å². The zero-order valence-electron chi connectivity index (χ0n) is 9.85. The van der Waals surface area contributed by atoms with E-state index in [-0.39, 0.29) is 5.69 Å². The highest BCUT2D eigenvalue weighted by Crippen LogP contribution is 2.18. The maximum Gasteiger partial charge on any atom is 0.269 e. The van der Waals surface area contributed by atoms with Crippen molar-refractivity contribution in [1.82, 2.24) is 4.98 Å². The van der Waals surface area contributed by atoms with Gasteiger partial charge in [0.25, 0.3) is 5.69 Å². The summed E-state index contributed by atoms with van der Waals surface area (Å²) in [6, 6.07) is 13.4. The lowest BCUT2D eigenvalue weighted by Gasteiger charge is -1.98. The van der Waals surface area contributed by atoms with E-state index in [1.807, 2.05) is 0 Å². The molecule has 0 spiro atoms. The van der Waals surface area contributed by atoms with Gasteiger partial charge in [-0.15, -0.1) is 0 Å². The molecule has 0 unspecified atom stereocenters. The molecule has 1 aromatic heterocycles. The summed E-state index contributed by atoms with van der Waals surface area (Å²) < 4.78 is 0. The van der Waals surface area contributed by atoms with Gasteiger partial charge in [-0.1, -0.05) is 6.07 Å². The number of hydrogen-bond donors (Lipinski definition) is 0. The Kier molecular flexibility index (Phi) is 3.64. The summed E-state index contributed by atoms with van der Waals surface area (Å²) in [5.74, 6) is 0. The van der Waals surface area contributed by atoms with Gasteiger partial charge in [0.2, 0.25) is 0 Å². The van der Waals surface area contributed by atoms with E-state index in [0.717, 1.165) is 0 Å². The van der Waals surface area contributed by atoms with Crippen molar-refractivity contribution in [2.24, 2.45) is 0 Å².